The molecule has 0 aliphatic rings. The molecule has 0 radical (unpaired) electrons. The molecule has 0 saturated carbocycles. The highest BCUT2D eigenvalue weighted by molar-refractivity contribution is 5.23. The molecule has 3 rings (SSSR count). The number of benzene rings is 2. The van der Waals surface area contributed by atoms with Gasteiger partial charge in [-0.15, -0.1) is 0 Å². The average molecular weight is 333 g/mol. The molecule has 1 unspecified atom stereocenters. The van der Waals surface area contributed by atoms with Gasteiger partial charge in [-0.1, -0.05) is 67.1 Å². The van der Waals surface area contributed by atoms with Crippen LogP contribution in [-0.2, 0) is 13.0 Å². The standard InChI is InChI=1S/C22H27N3/c1-4-11-20(12-5-1)19-22(21-13-6-2-7-14-21)23-15-8-3-9-17-25-18-10-16-24-25/h1-2,4-7,10-14,16,18,22-23H,3,8-9,15,17,19H2. The number of nitrogens with zero attached hydrogens (tertiary/aromatic N) is 2. The lowest BCUT2D eigenvalue weighted by molar-refractivity contribution is 0.488. The van der Waals surface area contributed by atoms with Crippen LogP contribution < -0.4 is 5.32 Å². The maximum absolute atomic E-state index is 4.25. The molecule has 0 fully saturated rings. The van der Waals surface area contributed by atoms with E-state index in [-0.39, 0.29) is 0 Å². The van der Waals surface area contributed by atoms with E-state index in [0.717, 1.165) is 19.5 Å². The highest BCUT2D eigenvalue weighted by Crippen LogP contribution is 2.18. The van der Waals surface area contributed by atoms with Crippen LogP contribution in [0.5, 0.6) is 0 Å². The lowest BCUT2D eigenvalue weighted by Gasteiger charge is -2.19. The lowest BCUT2D eigenvalue weighted by atomic mass is 9.98. The number of aromatic nitrogens is 2. The summed E-state index contributed by atoms with van der Waals surface area (Å²) < 4.78 is 2.01. The van der Waals surface area contributed by atoms with Crippen molar-refractivity contribution in [3.8, 4) is 0 Å². The van der Waals surface area contributed by atoms with Crippen molar-refractivity contribution in [1.82, 2.24) is 15.1 Å². The summed E-state index contributed by atoms with van der Waals surface area (Å²) in [4.78, 5) is 0. The van der Waals surface area contributed by atoms with E-state index >= 15 is 0 Å². The van der Waals surface area contributed by atoms with Gasteiger partial charge in [-0.3, -0.25) is 4.68 Å². The van der Waals surface area contributed by atoms with Gasteiger partial charge in [0.1, 0.15) is 0 Å². The lowest BCUT2D eigenvalue weighted by Crippen LogP contribution is -2.24. The number of nitrogens with one attached hydrogen (secondary N) is 1. The van der Waals surface area contributed by atoms with Crippen molar-refractivity contribution in [2.75, 3.05) is 6.54 Å². The third-order valence-electron chi connectivity index (χ3n) is 4.50. The zero-order valence-corrected chi connectivity index (χ0v) is 14.7. The predicted molar refractivity (Wildman–Crippen MR) is 103 cm³/mol. The van der Waals surface area contributed by atoms with Gasteiger partial charge in [0, 0.05) is 25.0 Å². The molecule has 0 saturated heterocycles. The van der Waals surface area contributed by atoms with Gasteiger partial charge in [-0.25, -0.2) is 0 Å². The van der Waals surface area contributed by atoms with Gasteiger partial charge in [0.15, 0.2) is 0 Å². The minimum absolute atomic E-state index is 0.370. The highest BCUT2D eigenvalue weighted by atomic mass is 15.3. The minimum Gasteiger partial charge on any atom is -0.310 e. The summed E-state index contributed by atoms with van der Waals surface area (Å²) in [6, 6.07) is 23.9. The summed E-state index contributed by atoms with van der Waals surface area (Å²) in [6.07, 6.45) is 8.49. The molecule has 25 heavy (non-hydrogen) atoms. The molecule has 1 N–H and O–H groups in total. The molecule has 1 atom stereocenters. The first-order valence-electron chi connectivity index (χ1n) is 9.21. The smallest absolute Gasteiger partial charge is 0.0489 e. The van der Waals surface area contributed by atoms with Gasteiger partial charge >= 0.3 is 0 Å². The van der Waals surface area contributed by atoms with Crippen LogP contribution in [0, 0.1) is 0 Å². The molecular weight excluding hydrogens is 306 g/mol. The first-order chi connectivity index (χ1) is 12.4. The second kappa shape index (κ2) is 9.80. The molecule has 0 spiro atoms. The Kier molecular flexibility index (Phi) is 6.83. The second-order valence-electron chi connectivity index (χ2n) is 6.44. The fourth-order valence-electron chi connectivity index (χ4n) is 3.13. The van der Waals surface area contributed by atoms with Crippen LogP contribution in [0.25, 0.3) is 0 Å². The van der Waals surface area contributed by atoms with Crippen molar-refractivity contribution < 1.29 is 0 Å². The van der Waals surface area contributed by atoms with Gasteiger partial charge in [0.2, 0.25) is 0 Å². The minimum atomic E-state index is 0.370. The highest BCUT2D eigenvalue weighted by Gasteiger charge is 2.11. The quantitative estimate of drug-likeness (QED) is 0.548. The zero-order chi connectivity index (χ0) is 17.2. The van der Waals surface area contributed by atoms with E-state index in [4.69, 9.17) is 0 Å². The summed E-state index contributed by atoms with van der Waals surface area (Å²) in [5.41, 5.74) is 2.74. The SMILES string of the molecule is c1ccc(CC(NCCCCCn2cccn2)c2ccccc2)cc1. The van der Waals surface area contributed by atoms with Crippen LogP contribution in [0.2, 0.25) is 0 Å². The van der Waals surface area contributed by atoms with E-state index in [9.17, 15) is 0 Å². The van der Waals surface area contributed by atoms with Crippen molar-refractivity contribution in [3.05, 3.63) is 90.3 Å². The Morgan fingerprint density at radius 2 is 1.60 bits per heavy atom. The molecule has 130 valence electrons. The van der Waals surface area contributed by atoms with E-state index in [1.165, 1.54) is 30.4 Å². The van der Waals surface area contributed by atoms with Gasteiger partial charge in [-0.05, 0) is 43.0 Å². The van der Waals surface area contributed by atoms with Crippen LogP contribution in [0.3, 0.4) is 0 Å². The number of unbranched alkanes of at least 4 members (excludes halogenated alkanes) is 2. The Morgan fingerprint density at radius 1 is 0.840 bits per heavy atom. The summed E-state index contributed by atoms with van der Waals surface area (Å²) >= 11 is 0. The molecule has 0 amide bonds. The second-order valence-corrected chi connectivity index (χ2v) is 6.44. The zero-order valence-electron chi connectivity index (χ0n) is 14.7. The van der Waals surface area contributed by atoms with E-state index < -0.39 is 0 Å². The van der Waals surface area contributed by atoms with Crippen molar-refractivity contribution in [3.63, 3.8) is 0 Å². The molecule has 1 heterocycles. The fraction of sp³-hybridized carbons (Fsp3) is 0.318. The number of rotatable bonds is 10. The van der Waals surface area contributed by atoms with Crippen LogP contribution >= 0.6 is 0 Å². The Balaban J connectivity index is 1.46. The van der Waals surface area contributed by atoms with E-state index in [2.05, 4.69) is 71.1 Å². The van der Waals surface area contributed by atoms with Crippen LogP contribution in [0.1, 0.15) is 36.4 Å². The first-order valence-corrected chi connectivity index (χ1v) is 9.21. The number of hydrogen-bond donors (Lipinski definition) is 1. The van der Waals surface area contributed by atoms with Crippen molar-refractivity contribution in [2.45, 2.75) is 38.3 Å². The maximum Gasteiger partial charge on any atom is 0.0489 e. The number of aryl methyl sites for hydroxylation is 1. The van der Waals surface area contributed by atoms with E-state index in [1.54, 1.807) is 0 Å². The summed E-state index contributed by atoms with van der Waals surface area (Å²) in [5.74, 6) is 0. The summed E-state index contributed by atoms with van der Waals surface area (Å²) in [5, 5.41) is 8.01. The molecule has 3 nitrogen and oxygen atoms in total. The van der Waals surface area contributed by atoms with Gasteiger partial charge in [0.05, 0.1) is 0 Å². The normalized spacial score (nSPS) is 12.2. The molecule has 0 aliphatic heterocycles. The van der Waals surface area contributed by atoms with Gasteiger partial charge < -0.3 is 5.32 Å². The maximum atomic E-state index is 4.25. The van der Waals surface area contributed by atoms with Crippen LogP contribution in [0.15, 0.2) is 79.1 Å². The van der Waals surface area contributed by atoms with Crippen molar-refractivity contribution in [1.29, 1.82) is 0 Å². The van der Waals surface area contributed by atoms with E-state index in [0.29, 0.717) is 6.04 Å². The van der Waals surface area contributed by atoms with Crippen LogP contribution in [-0.4, -0.2) is 16.3 Å². The Bertz CT molecular complexity index is 693. The molecule has 2 aromatic carbocycles. The third kappa shape index (κ3) is 5.87. The molecular formula is C22H27N3. The summed E-state index contributed by atoms with van der Waals surface area (Å²) in [6.45, 7) is 2.06. The summed E-state index contributed by atoms with van der Waals surface area (Å²) in [7, 11) is 0. The molecule has 1 aromatic heterocycles. The molecule has 3 aromatic rings. The molecule has 0 bridgehead atoms. The van der Waals surface area contributed by atoms with Crippen molar-refractivity contribution in [2.24, 2.45) is 0 Å². The third-order valence-corrected chi connectivity index (χ3v) is 4.50. The Labute approximate surface area is 150 Å². The Morgan fingerprint density at radius 3 is 2.32 bits per heavy atom. The number of hydrogen-bond acceptors (Lipinski definition) is 2. The van der Waals surface area contributed by atoms with Gasteiger partial charge in [-0.2, -0.15) is 5.10 Å². The van der Waals surface area contributed by atoms with Gasteiger partial charge in [0.25, 0.3) is 0 Å². The molecule has 0 aliphatic carbocycles. The Hall–Kier alpha value is -2.39. The van der Waals surface area contributed by atoms with Crippen LogP contribution in [0.4, 0.5) is 0 Å². The van der Waals surface area contributed by atoms with E-state index in [1.807, 2.05) is 23.1 Å². The monoisotopic (exact) mass is 333 g/mol. The average Bonchev–Trinajstić information content (AvgIpc) is 3.18. The topological polar surface area (TPSA) is 29.9 Å². The fourth-order valence-corrected chi connectivity index (χ4v) is 3.13. The predicted octanol–water partition coefficient (Wildman–Crippen LogP) is 4.63. The largest absolute Gasteiger partial charge is 0.310 e. The first kappa shape index (κ1) is 17.4. The van der Waals surface area contributed by atoms with Crippen molar-refractivity contribution >= 4 is 0 Å². The molecule has 3 heteroatoms.